The van der Waals surface area contributed by atoms with Crippen molar-refractivity contribution in [3.8, 4) is 5.75 Å². The molecule has 0 radical (unpaired) electrons. The Morgan fingerprint density at radius 1 is 1.36 bits per heavy atom. The Kier molecular flexibility index (Phi) is 5.87. The molecule has 1 unspecified atom stereocenters. The van der Waals surface area contributed by atoms with E-state index in [9.17, 15) is 4.79 Å². The fourth-order valence-electron chi connectivity index (χ4n) is 2.75. The van der Waals surface area contributed by atoms with Crippen molar-refractivity contribution in [1.29, 1.82) is 0 Å². The average molecular weight is 302 g/mol. The van der Waals surface area contributed by atoms with E-state index in [1.807, 2.05) is 39.1 Å². The summed E-state index contributed by atoms with van der Waals surface area (Å²) in [4.78, 5) is 12.0. The summed E-state index contributed by atoms with van der Waals surface area (Å²) in [5.74, 6) is 0.829. The van der Waals surface area contributed by atoms with Gasteiger partial charge in [0.2, 0.25) is 0 Å². The second-order valence-corrected chi connectivity index (χ2v) is 5.82. The van der Waals surface area contributed by atoms with Crippen LogP contribution < -0.4 is 15.4 Å². The van der Waals surface area contributed by atoms with Crippen molar-refractivity contribution < 1.29 is 9.53 Å². The second-order valence-electron chi connectivity index (χ2n) is 5.82. The third kappa shape index (κ3) is 4.52. The van der Waals surface area contributed by atoms with Gasteiger partial charge in [0, 0.05) is 11.8 Å². The highest BCUT2D eigenvalue weighted by molar-refractivity contribution is 5.75. The monoisotopic (exact) mass is 302 g/mol. The third-order valence-corrected chi connectivity index (χ3v) is 3.93. The van der Waals surface area contributed by atoms with Gasteiger partial charge in [-0.25, -0.2) is 4.79 Å². The van der Waals surface area contributed by atoms with Crippen LogP contribution in [0.3, 0.4) is 0 Å². The van der Waals surface area contributed by atoms with Crippen LogP contribution >= 0.6 is 0 Å². The number of rotatable bonds is 5. The smallest absolute Gasteiger partial charge is 0.319 e. The lowest BCUT2D eigenvalue weighted by Gasteiger charge is -2.18. The fourth-order valence-corrected chi connectivity index (χ4v) is 2.75. The van der Waals surface area contributed by atoms with Crippen LogP contribution in [-0.4, -0.2) is 12.6 Å². The lowest BCUT2D eigenvalue weighted by atomic mass is 10.0. The summed E-state index contributed by atoms with van der Waals surface area (Å²) in [5, 5.41) is 5.81. The van der Waals surface area contributed by atoms with Crippen molar-refractivity contribution in [3.05, 3.63) is 41.1 Å². The molecule has 2 N–H and O–H groups in total. The summed E-state index contributed by atoms with van der Waals surface area (Å²) in [6.07, 6.45) is 6.51. The highest BCUT2D eigenvalue weighted by Crippen LogP contribution is 2.26. The quantitative estimate of drug-likeness (QED) is 0.856. The van der Waals surface area contributed by atoms with Gasteiger partial charge in [-0.3, -0.25) is 0 Å². The van der Waals surface area contributed by atoms with Crippen LogP contribution in [0.2, 0.25) is 0 Å². The first kappa shape index (κ1) is 16.4. The minimum Gasteiger partial charge on any atom is -0.494 e. The molecular formula is C18H26N2O2. The Morgan fingerprint density at radius 3 is 2.77 bits per heavy atom. The van der Waals surface area contributed by atoms with Gasteiger partial charge < -0.3 is 15.4 Å². The van der Waals surface area contributed by atoms with Gasteiger partial charge in [0.15, 0.2) is 0 Å². The molecule has 22 heavy (non-hydrogen) atoms. The van der Waals surface area contributed by atoms with Gasteiger partial charge in [-0.2, -0.15) is 0 Å². The number of hydrogen-bond acceptors (Lipinski definition) is 2. The van der Waals surface area contributed by atoms with Gasteiger partial charge in [-0.15, -0.1) is 0 Å². The fraction of sp³-hybridized carbons (Fsp3) is 0.500. The van der Waals surface area contributed by atoms with Crippen LogP contribution in [0.25, 0.3) is 0 Å². The van der Waals surface area contributed by atoms with Gasteiger partial charge in [-0.05, 0) is 52.5 Å². The number of urea groups is 1. The minimum absolute atomic E-state index is 0.108. The predicted molar refractivity (Wildman–Crippen MR) is 89.0 cm³/mol. The van der Waals surface area contributed by atoms with Crippen LogP contribution in [0, 0.1) is 6.92 Å². The van der Waals surface area contributed by atoms with Crippen molar-refractivity contribution in [2.45, 2.75) is 52.5 Å². The van der Waals surface area contributed by atoms with Crippen molar-refractivity contribution in [2.24, 2.45) is 0 Å². The molecule has 0 bridgehead atoms. The highest BCUT2D eigenvalue weighted by atomic mass is 16.5. The summed E-state index contributed by atoms with van der Waals surface area (Å²) in [5.41, 5.74) is 3.49. The Hall–Kier alpha value is -1.97. The molecule has 1 aliphatic rings. The second kappa shape index (κ2) is 7.87. The van der Waals surface area contributed by atoms with E-state index in [4.69, 9.17) is 4.74 Å². The number of hydrogen-bond donors (Lipinski definition) is 2. The summed E-state index contributed by atoms with van der Waals surface area (Å²) >= 11 is 0. The number of carbonyl (C=O) groups excluding carboxylic acids is 1. The van der Waals surface area contributed by atoms with Crippen LogP contribution in [0.5, 0.6) is 5.75 Å². The maximum atomic E-state index is 12.0. The Balaban J connectivity index is 1.98. The molecule has 1 fully saturated rings. The van der Waals surface area contributed by atoms with E-state index >= 15 is 0 Å². The number of aryl methyl sites for hydroxylation is 1. The van der Waals surface area contributed by atoms with E-state index in [0.29, 0.717) is 6.61 Å². The number of amides is 2. The molecule has 1 saturated carbocycles. The van der Waals surface area contributed by atoms with Crippen LogP contribution in [0.15, 0.2) is 30.0 Å². The highest BCUT2D eigenvalue weighted by Gasteiger charge is 2.14. The maximum Gasteiger partial charge on any atom is 0.319 e. The lowest BCUT2D eigenvalue weighted by molar-refractivity contribution is 0.240. The largest absolute Gasteiger partial charge is 0.494 e. The molecule has 1 aliphatic carbocycles. The first-order valence-electron chi connectivity index (χ1n) is 8.08. The number of allylic oxidation sites excluding steroid dienone is 1. The predicted octanol–water partition coefficient (Wildman–Crippen LogP) is 4.21. The summed E-state index contributed by atoms with van der Waals surface area (Å²) in [7, 11) is 0. The molecule has 4 nitrogen and oxygen atoms in total. The van der Waals surface area contributed by atoms with Crippen molar-refractivity contribution in [2.75, 3.05) is 6.61 Å². The zero-order valence-corrected chi connectivity index (χ0v) is 13.7. The molecule has 2 rings (SSSR count). The van der Waals surface area contributed by atoms with E-state index in [1.165, 1.54) is 18.4 Å². The molecule has 1 aromatic rings. The Bertz CT molecular complexity index is 544. The normalized spacial score (nSPS) is 15.3. The molecule has 0 saturated heterocycles. The first-order chi connectivity index (χ1) is 10.6. The molecule has 1 aromatic carbocycles. The number of nitrogens with one attached hydrogen (secondary N) is 2. The molecule has 2 amide bonds. The van der Waals surface area contributed by atoms with Crippen molar-refractivity contribution in [1.82, 2.24) is 10.6 Å². The third-order valence-electron chi connectivity index (χ3n) is 3.93. The summed E-state index contributed by atoms with van der Waals surface area (Å²) in [6.45, 7) is 6.58. The molecule has 0 aliphatic heterocycles. The number of ether oxygens (including phenoxy) is 1. The van der Waals surface area contributed by atoms with Gasteiger partial charge in [0.25, 0.3) is 0 Å². The van der Waals surface area contributed by atoms with Gasteiger partial charge in [-0.1, -0.05) is 23.3 Å². The molecule has 0 heterocycles. The van der Waals surface area contributed by atoms with Crippen molar-refractivity contribution in [3.63, 3.8) is 0 Å². The lowest BCUT2D eigenvalue weighted by Crippen LogP contribution is -2.34. The van der Waals surface area contributed by atoms with E-state index in [1.54, 1.807) is 0 Å². The standard InChI is InChI=1S/C18H26N2O2/c1-4-22-17-10-9-13(2)11-16(17)14(3)20-18(21)19-12-15-7-5-6-8-15/h9-12,14H,4-8H2,1-3H3,(H2,19,20,21). The SMILES string of the molecule is CCOc1ccc(C)cc1C(C)NC(=O)NC=C1CCCC1. The zero-order valence-electron chi connectivity index (χ0n) is 13.7. The number of carbonyl (C=O) groups is 1. The molecular weight excluding hydrogens is 276 g/mol. The van der Waals surface area contributed by atoms with Crippen LogP contribution in [0.1, 0.15) is 56.7 Å². The van der Waals surface area contributed by atoms with E-state index < -0.39 is 0 Å². The van der Waals surface area contributed by atoms with Gasteiger partial charge in [0.05, 0.1) is 12.6 Å². The van der Waals surface area contributed by atoms with Crippen LogP contribution in [-0.2, 0) is 0 Å². The van der Waals surface area contributed by atoms with E-state index in [-0.39, 0.29) is 12.1 Å². The summed E-state index contributed by atoms with van der Waals surface area (Å²) < 4.78 is 5.65. The molecule has 4 heteroatoms. The Labute approximate surface area is 132 Å². The minimum atomic E-state index is -0.171. The topological polar surface area (TPSA) is 50.4 Å². The summed E-state index contributed by atoms with van der Waals surface area (Å²) in [6, 6.07) is 5.77. The Morgan fingerprint density at radius 2 is 2.09 bits per heavy atom. The van der Waals surface area contributed by atoms with Gasteiger partial charge >= 0.3 is 6.03 Å². The zero-order chi connectivity index (χ0) is 15.9. The molecule has 0 spiro atoms. The van der Waals surface area contributed by atoms with Gasteiger partial charge in [0.1, 0.15) is 5.75 Å². The average Bonchev–Trinajstić information content (AvgIpc) is 3.00. The van der Waals surface area contributed by atoms with Crippen molar-refractivity contribution >= 4 is 6.03 Å². The number of benzene rings is 1. The van der Waals surface area contributed by atoms with E-state index in [2.05, 4.69) is 16.7 Å². The molecule has 1 atom stereocenters. The molecule has 0 aromatic heterocycles. The maximum absolute atomic E-state index is 12.0. The van der Waals surface area contributed by atoms with E-state index in [0.717, 1.165) is 29.7 Å². The molecule has 120 valence electrons. The first-order valence-corrected chi connectivity index (χ1v) is 8.08. The van der Waals surface area contributed by atoms with Crippen LogP contribution in [0.4, 0.5) is 4.79 Å².